The highest BCUT2D eigenvalue weighted by Gasteiger charge is 2.21. The Morgan fingerprint density at radius 2 is 1.62 bits per heavy atom. The number of aryl methyl sites for hydroxylation is 1. The first kappa shape index (κ1) is 15.9. The van der Waals surface area contributed by atoms with Crippen molar-refractivity contribution in [2.75, 3.05) is 0 Å². The van der Waals surface area contributed by atoms with Gasteiger partial charge in [0, 0.05) is 6.04 Å². The summed E-state index contributed by atoms with van der Waals surface area (Å²) in [5, 5.41) is 9.96. The molecule has 0 amide bonds. The molecule has 0 spiro atoms. The lowest BCUT2D eigenvalue weighted by molar-refractivity contribution is 0.0509. The van der Waals surface area contributed by atoms with Gasteiger partial charge in [0.05, 0.1) is 13.1 Å². The van der Waals surface area contributed by atoms with Crippen molar-refractivity contribution in [2.24, 2.45) is 0 Å². The van der Waals surface area contributed by atoms with E-state index in [4.69, 9.17) is 8.83 Å². The maximum atomic E-state index is 9.96. The molecule has 2 rings (SSSR count). The number of furan rings is 2. The molecule has 0 bridgehead atoms. The molecule has 4 nitrogen and oxygen atoms in total. The van der Waals surface area contributed by atoms with Gasteiger partial charge in [0.25, 0.3) is 0 Å². The molecule has 2 aromatic rings. The average Bonchev–Trinajstić information content (AvgIpc) is 2.97. The van der Waals surface area contributed by atoms with Crippen molar-refractivity contribution in [3.05, 3.63) is 47.3 Å². The molecule has 0 saturated heterocycles. The first-order valence-electron chi connectivity index (χ1n) is 7.36. The second-order valence-corrected chi connectivity index (χ2v) is 6.34. The van der Waals surface area contributed by atoms with E-state index in [-0.39, 0.29) is 0 Å². The van der Waals surface area contributed by atoms with Gasteiger partial charge in [-0.05, 0) is 58.9 Å². The minimum absolute atomic E-state index is 0.367. The first-order valence-corrected chi connectivity index (χ1v) is 7.36. The summed E-state index contributed by atoms with van der Waals surface area (Å²) in [6, 6.07) is 8.12. The summed E-state index contributed by atoms with van der Waals surface area (Å²) >= 11 is 0. The summed E-state index contributed by atoms with van der Waals surface area (Å²) in [7, 11) is 0. The molecular formula is C17H25NO3. The van der Waals surface area contributed by atoms with Crippen molar-refractivity contribution < 1.29 is 13.9 Å². The molecule has 0 fully saturated rings. The zero-order chi connectivity index (χ0) is 15.6. The van der Waals surface area contributed by atoms with E-state index in [0.29, 0.717) is 18.3 Å². The number of hydrogen-bond donors (Lipinski definition) is 1. The van der Waals surface area contributed by atoms with Gasteiger partial charge >= 0.3 is 0 Å². The smallest absolute Gasteiger partial charge is 0.135 e. The summed E-state index contributed by atoms with van der Waals surface area (Å²) in [5.41, 5.74) is -0.945. The van der Waals surface area contributed by atoms with Gasteiger partial charge in [0.15, 0.2) is 0 Å². The molecule has 21 heavy (non-hydrogen) atoms. The third kappa shape index (κ3) is 4.22. The highest BCUT2D eigenvalue weighted by Crippen LogP contribution is 2.23. The second kappa shape index (κ2) is 6.08. The lowest BCUT2D eigenvalue weighted by Gasteiger charge is -2.24. The summed E-state index contributed by atoms with van der Waals surface area (Å²) in [5.74, 6) is 3.32. The summed E-state index contributed by atoms with van der Waals surface area (Å²) in [4.78, 5) is 2.27. The molecule has 1 N–H and O–H groups in total. The Kier molecular flexibility index (Phi) is 4.59. The number of nitrogens with zero attached hydrogens (tertiary/aromatic N) is 1. The van der Waals surface area contributed by atoms with Crippen LogP contribution in [0.4, 0.5) is 0 Å². The molecule has 0 aliphatic heterocycles. The fourth-order valence-electron chi connectivity index (χ4n) is 2.18. The minimum Gasteiger partial charge on any atom is -0.465 e. The standard InChI is InChI=1S/C17H25NO3/c1-12(2)18(10-14-7-6-13(3)20-14)11-15-8-9-16(21-15)17(4,5)19/h6-9,12,19H,10-11H2,1-5H3. The minimum atomic E-state index is -0.945. The summed E-state index contributed by atoms with van der Waals surface area (Å²) in [6.45, 7) is 11.1. The molecule has 116 valence electrons. The fourth-order valence-corrected chi connectivity index (χ4v) is 2.18. The van der Waals surface area contributed by atoms with Crippen LogP contribution in [0.1, 0.15) is 50.7 Å². The van der Waals surface area contributed by atoms with Gasteiger partial charge in [-0.3, -0.25) is 4.90 Å². The van der Waals surface area contributed by atoms with Crippen LogP contribution in [0.5, 0.6) is 0 Å². The molecule has 0 atom stereocenters. The van der Waals surface area contributed by atoms with E-state index in [0.717, 1.165) is 23.8 Å². The SMILES string of the molecule is Cc1ccc(CN(Cc2ccc(C(C)(C)O)o2)C(C)C)o1. The van der Waals surface area contributed by atoms with Crippen molar-refractivity contribution in [1.82, 2.24) is 4.90 Å². The van der Waals surface area contributed by atoms with Crippen LogP contribution in [-0.2, 0) is 18.7 Å². The lowest BCUT2D eigenvalue weighted by atomic mass is 10.1. The second-order valence-electron chi connectivity index (χ2n) is 6.34. The summed E-state index contributed by atoms with van der Waals surface area (Å²) in [6.07, 6.45) is 0. The van der Waals surface area contributed by atoms with Crippen LogP contribution in [0.25, 0.3) is 0 Å². The molecule has 2 heterocycles. The Morgan fingerprint density at radius 3 is 2.05 bits per heavy atom. The van der Waals surface area contributed by atoms with Crippen LogP contribution in [0, 0.1) is 6.92 Å². The Morgan fingerprint density at radius 1 is 1.05 bits per heavy atom. The molecule has 2 aromatic heterocycles. The maximum absolute atomic E-state index is 9.96. The Bertz CT molecular complexity index is 575. The average molecular weight is 291 g/mol. The third-order valence-corrected chi connectivity index (χ3v) is 3.51. The fraction of sp³-hybridized carbons (Fsp3) is 0.529. The van der Waals surface area contributed by atoms with Crippen molar-refractivity contribution in [3.63, 3.8) is 0 Å². The quantitative estimate of drug-likeness (QED) is 0.879. The van der Waals surface area contributed by atoms with Crippen molar-refractivity contribution in [1.29, 1.82) is 0 Å². The van der Waals surface area contributed by atoms with E-state index in [1.54, 1.807) is 13.8 Å². The monoisotopic (exact) mass is 291 g/mol. The van der Waals surface area contributed by atoms with Gasteiger partial charge in [-0.25, -0.2) is 0 Å². The van der Waals surface area contributed by atoms with Crippen molar-refractivity contribution in [3.8, 4) is 0 Å². The molecule has 0 radical (unpaired) electrons. The van der Waals surface area contributed by atoms with Crippen molar-refractivity contribution in [2.45, 2.75) is 59.4 Å². The van der Waals surface area contributed by atoms with E-state index in [9.17, 15) is 5.11 Å². The molecular weight excluding hydrogens is 266 g/mol. The number of rotatable bonds is 6. The highest BCUT2D eigenvalue weighted by molar-refractivity contribution is 5.13. The van der Waals surface area contributed by atoms with E-state index in [1.807, 2.05) is 31.2 Å². The largest absolute Gasteiger partial charge is 0.465 e. The van der Waals surface area contributed by atoms with Gasteiger partial charge in [-0.2, -0.15) is 0 Å². The topological polar surface area (TPSA) is 49.8 Å². The van der Waals surface area contributed by atoms with Crippen LogP contribution < -0.4 is 0 Å². The third-order valence-electron chi connectivity index (χ3n) is 3.51. The van der Waals surface area contributed by atoms with Gasteiger partial charge < -0.3 is 13.9 Å². The van der Waals surface area contributed by atoms with Gasteiger partial charge in [-0.15, -0.1) is 0 Å². The molecule has 4 heteroatoms. The zero-order valence-corrected chi connectivity index (χ0v) is 13.5. The van der Waals surface area contributed by atoms with Gasteiger partial charge in [0.2, 0.25) is 0 Å². The predicted octanol–water partition coefficient (Wildman–Crippen LogP) is 3.82. The highest BCUT2D eigenvalue weighted by atomic mass is 16.4. The van der Waals surface area contributed by atoms with Gasteiger partial charge in [0.1, 0.15) is 28.6 Å². The van der Waals surface area contributed by atoms with Crippen LogP contribution >= 0.6 is 0 Å². The first-order chi connectivity index (χ1) is 9.75. The zero-order valence-electron chi connectivity index (χ0n) is 13.5. The molecule has 0 aliphatic rings. The van der Waals surface area contributed by atoms with Crippen LogP contribution in [0.3, 0.4) is 0 Å². The van der Waals surface area contributed by atoms with E-state index in [1.165, 1.54) is 0 Å². The van der Waals surface area contributed by atoms with E-state index >= 15 is 0 Å². The maximum Gasteiger partial charge on any atom is 0.135 e. The molecule has 0 saturated carbocycles. The molecule has 0 aromatic carbocycles. The van der Waals surface area contributed by atoms with Gasteiger partial charge in [-0.1, -0.05) is 0 Å². The Labute approximate surface area is 126 Å². The number of aliphatic hydroxyl groups is 1. The lowest BCUT2D eigenvalue weighted by Crippen LogP contribution is -2.29. The van der Waals surface area contributed by atoms with Crippen molar-refractivity contribution >= 4 is 0 Å². The Hall–Kier alpha value is -1.52. The van der Waals surface area contributed by atoms with Crippen LogP contribution in [-0.4, -0.2) is 16.0 Å². The number of hydrogen-bond acceptors (Lipinski definition) is 4. The molecule has 0 unspecified atom stereocenters. The summed E-state index contributed by atoms with van der Waals surface area (Å²) < 4.78 is 11.4. The molecule has 0 aliphatic carbocycles. The van der Waals surface area contributed by atoms with Crippen LogP contribution in [0.15, 0.2) is 33.1 Å². The van der Waals surface area contributed by atoms with E-state index < -0.39 is 5.60 Å². The van der Waals surface area contributed by atoms with E-state index in [2.05, 4.69) is 18.7 Å². The Balaban J connectivity index is 2.08. The van der Waals surface area contributed by atoms with Crippen LogP contribution in [0.2, 0.25) is 0 Å². The predicted molar refractivity (Wildman–Crippen MR) is 81.8 cm³/mol. The normalized spacial score (nSPS) is 12.6.